The number of amides is 1. The molecule has 1 N–H and O–H groups in total. The second-order valence-corrected chi connectivity index (χ2v) is 5.98. The van der Waals surface area contributed by atoms with E-state index in [1.54, 1.807) is 25.2 Å². The molecule has 0 radical (unpaired) electrons. The number of rotatable bonds is 6. The van der Waals surface area contributed by atoms with Crippen LogP contribution in [-0.2, 0) is 0 Å². The van der Waals surface area contributed by atoms with Crippen molar-refractivity contribution < 1.29 is 4.79 Å². The van der Waals surface area contributed by atoms with Gasteiger partial charge in [0.1, 0.15) is 5.69 Å². The highest BCUT2D eigenvalue weighted by atomic mass is 16.2. The quantitative estimate of drug-likeness (QED) is 0.871. The van der Waals surface area contributed by atoms with E-state index in [4.69, 9.17) is 0 Å². The second-order valence-electron chi connectivity index (χ2n) is 5.98. The minimum Gasteiger partial charge on any atom is -0.384 e. The van der Waals surface area contributed by atoms with Crippen molar-refractivity contribution >= 4 is 11.6 Å². The molecule has 0 spiro atoms. The molecule has 1 aromatic heterocycles. The van der Waals surface area contributed by atoms with Crippen LogP contribution in [0.3, 0.4) is 0 Å². The largest absolute Gasteiger partial charge is 0.384 e. The van der Waals surface area contributed by atoms with Crippen LogP contribution < -0.4 is 5.32 Å². The predicted molar refractivity (Wildman–Crippen MR) is 85.6 cm³/mol. The van der Waals surface area contributed by atoms with E-state index in [2.05, 4.69) is 22.2 Å². The van der Waals surface area contributed by atoms with Crippen LogP contribution in [0.5, 0.6) is 0 Å². The minimum atomic E-state index is -0.0678. The van der Waals surface area contributed by atoms with Gasteiger partial charge in [-0.3, -0.25) is 9.78 Å². The van der Waals surface area contributed by atoms with Gasteiger partial charge in [-0.25, -0.2) is 0 Å². The molecule has 1 aromatic rings. The topological polar surface area (TPSA) is 48.5 Å². The lowest BCUT2D eigenvalue weighted by atomic mass is 10.2. The fourth-order valence-corrected chi connectivity index (χ4v) is 2.79. The maximum absolute atomic E-state index is 11.9. The van der Waals surface area contributed by atoms with E-state index in [0.29, 0.717) is 5.69 Å². The molecule has 116 valence electrons. The lowest BCUT2D eigenvalue weighted by Gasteiger charge is -2.24. The zero-order valence-corrected chi connectivity index (χ0v) is 13.3. The molecule has 0 atom stereocenters. The van der Waals surface area contributed by atoms with Crippen LogP contribution >= 0.6 is 0 Å². The first-order valence-corrected chi connectivity index (χ1v) is 7.70. The van der Waals surface area contributed by atoms with Crippen molar-refractivity contribution in [1.29, 1.82) is 0 Å². The Morgan fingerprint density at radius 3 is 2.71 bits per heavy atom. The molecule has 0 aromatic carbocycles. The SMILES string of the molecule is CN(C)C(=O)c1cc(NCCN(C)C2CCCC2)ccn1. The highest BCUT2D eigenvalue weighted by Gasteiger charge is 2.18. The third-order valence-corrected chi connectivity index (χ3v) is 4.13. The van der Waals surface area contributed by atoms with Crippen LogP contribution in [0.2, 0.25) is 0 Å². The van der Waals surface area contributed by atoms with E-state index in [-0.39, 0.29) is 5.91 Å². The van der Waals surface area contributed by atoms with Gasteiger partial charge in [-0.15, -0.1) is 0 Å². The summed E-state index contributed by atoms with van der Waals surface area (Å²) in [6.07, 6.45) is 7.06. The van der Waals surface area contributed by atoms with Gasteiger partial charge >= 0.3 is 0 Å². The summed E-state index contributed by atoms with van der Waals surface area (Å²) in [5, 5.41) is 3.38. The van der Waals surface area contributed by atoms with Gasteiger partial charge in [0, 0.05) is 45.1 Å². The van der Waals surface area contributed by atoms with E-state index in [1.807, 2.05) is 12.1 Å². The summed E-state index contributed by atoms with van der Waals surface area (Å²) in [5.74, 6) is -0.0678. The van der Waals surface area contributed by atoms with Crippen LogP contribution in [0.4, 0.5) is 5.69 Å². The number of carbonyl (C=O) groups excluding carboxylic acids is 1. The lowest BCUT2D eigenvalue weighted by Crippen LogP contribution is -2.33. The number of hydrogen-bond donors (Lipinski definition) is 1. The fourth-order valence-electron chi connectivity index (χ4n) is 2.79. The van der Waals surface area contributed by atoms with Crippen molar-refractivity contribution in [2.45, 2.75) is 31.7 Å². The van der Waals surface area contributed by atoms with Crippen molar-refractivity contribution in [1.82, 2.24) is 14.8 Å². The van der Waals surface area contributed by atoms with Gasteiger partial charge in [-0.1, -0.05) is 12.8 Å². The number of likely N-dealkylation sites (N-methyl/N-ethyl adjacent to an activating group) is 1. The average molecular weight is 290 g/mol. The summed E-state index contributed by atoms with van der Waals surface area (Å²) >= 11 is 0. The molecule has 21 heavy (non-hydrogen) atoms. The Labute approximate surface area is 127 Å². The van der Waals surface area contributed by atoms with Gasteiger partial charge < -0.3 is 15.1 Å². The highest BCUT2D eigenvalue weighted by Crippen LogP contribution is 2.22. The van der Waals surface area contributed by atoms with E-state index in [9.17, 15) is 4.79 Å². The van der Waals surface area contributed by atoms with Gasteiger partial charge in [0.05, 0.1) is 0 Å². The summed E-state index contributed by atoms with van der Waals surface area (Å²) in [4.78, 5) is 20.0. The van der Waals surface area contributed by atoms with E-state index in [1.165, 1.54) is 25.7 Å². The summed E-state index contributed by atoms with van der Waals surface area (Å²) in [6.45, 7) is 1.90. The molecule has 1 aliphatic rings. The number of nitrogens with zero attached hydrogens (tertiary/aromatic N) is 3. The van der Waals surface area contributed by atoms with Gasteiger partial charge in [0.2, 0.25) is 0 Å². The van der Waals surface area contributed by atoms with Crippen LogP contribution in [0.25, 0.3) is 0 Å². The Kier molecular flexibility index (Phi) is 5.56. The predicted octanol–water partition coefficient (Wildman–Crippen LogP) is 2.07. The van der Waals surface area contributed by atoms with E-state index < -0.39 is 0 Å². The maximum Gasteiger partial charge on any atom is 0.272 e. The number of pyridine rings is 1. The number of nitrogens with one attached hydrogen (secondary N) is 1. The third-order valence-electron chi connectivity index (χ3n) is 4.13. The smallest absolute Gasteiger partial charge is 0.272 e. The zero-order valence-electron chi connectivity index (χ0n) is 13.3. The first-order chi connectivity index (χ1) is 10.1. The number of aromatic nitrogens is 1. The molecule has 0 bridgehead atoms. The fraction of sp³-hybridized carbons (Fsp3) is 0.625. The minimum absolute atomic E-state index is 0.0678. The van der Waals surface area contributed by atoms with Crippen molar-refractivity contribution in [2.75, 3.05) is 39.5 Å². The Bertz CT molecular complexity index is 469. The number of hydrogen-bond acceptors (Lipinski definition) is 4. The molecule has 5 nitrogen and oxygen atoms in total. The molecule has 1 saturated carbocycles. The van der Waals surface area contributed by atoms with Crippen LogP contribution in [-0.4, -0.2) is 61.0 Å². The molecule has 0 unspecified atom stereocenters. The summed E-state index contributed by atoms with van der Waals surface area (Å²) in [6, 6.07) is 4.47. The van der Waals surface area contributed by atoms with E-state index >= 15 is 0 Å². The van der Waals surface area contributed by atoms with Crippen LogP contribution in [0.1, 0.15) is 36.2 Å². The molecule has 2 rings (SSSR count). The number of anilines is 1. The van der Waals surface area contributed by atoms with Gasteiger partial charge in [0.25, 0.3) is 5.91 Å². The maximum atomic E-state index is 11.9. The van der Waals surface area contributed by atoms with Crippen LogP contribution in [0.15, 0.2) is 18.3 Å². The molecule has 1 heterocycles. The van der Waals surface area contributed by atoms with Gasteiger partial charge in [-0.05, 0) is 32.0 Å². The lowest BCUT2D eigenvalue weighted by molar-refractivity contribution is 0.0822. The molecule has 5 heteroatoms. The van der Waals surface area contributed by atoms with Crippen molar-refractivity contribution in [3.05, 3.63) is 24.0 Å². The highest BCUT2D eigenvalue weighted by molar-refractivity contribution is 5.92. The molecular weight excluding hydrogens is 264 g/mol. The molecule has 0 saturated heterocycles. The van der Waals surface area contributed by atoms with Crippen molar-refractivity contribution in [2.24, 2.45) is 0 Å². The molecule has 1 fully saturated rings. The molecule has 1 aliphatic carbocycles. The normalized spacial score (nSPS) is 15.4. The zero-order chi connectivity index (χ0) is 15.2. The monoisotopic (exact) mass is 290 g/mol. The Morgan fingerprint density at radius 1 is 1.33 bits per heavy atom. The third kappa shape index (κ3) is 4.43. The summed E-state index contributed by atoms with van der Waals surface area (Å²) in [7, 11) is 5.67. The van der Waals surface area contributed by atoms with Crippen LogP contribution in [0, 0.1) is 0 Å². The average Bonchev–Trinajstić information content (AvgIpc) is 3.01. The first kappa shape index (κ1) is 15.8. The molecule has 0 aliphatic heterocycles. The van der Waals surface area contributed by atoms with E-state index in [0.717, 1.165) is 24.8 Å². The van der Waals surface area contributed by atoms with Gasteiger partial charge in [0.15, 0.2) is 0 Å². The Balaban J connectivity index is 1.83. The Morgan fingerprint density at radius 2 is 2.05 bits per heavy atom. The Hall–Kier alpha value is -1.62. The summed E-state index contributed by atoms with van der Waals surface area (Å²) in [5.41, 5.74) is 1.43. The first-order valence-electron chi connectivity index (χ1n) is 7.70. The second kappa shape index (κ2) is 7.41. The standard InChI is InChI=1S/C16H26N4O/c1-19(2)16(21)15-12-13(8-9-18-15)17-10-11-20(3)14-6-4-5-7-14/h8-9,12,14H,4-7,10-11H2,1-3H3,(H,17,18). The van der Waals surface area contributed by atoms with Crippen molar-refractivity contribution in [3.8, 4) is 0 Å². The molecule has 1 amide bonds. The van der Waals surface area contributed by atoms with Crippen molar-refractivity contribution in [3.63, 3.8) is 0 Å². The van der Waals surface area contributed by atoms with Gasteiger partial charge in [-0.2, -0.15) is 0 Å². The summed E-state index contributed by atoms with van der Waals surface area (Å²) < 4.78 is 0. The molecular formula is C16H26N4O. The number of carbonyl (C=O) groups is 1.